The van der Waals surface area contributed by atoms with Crippen molar-refractivity contribution in [2.24, 2.45) is 0 Å². The first-order valence-corrected chi connectivity index (χ1v) is 11.7. The van der Waals surface area contributed by atoms with Crippen LogP contribution in [0.25, 0.3) is 0 Å². The van der Waals surface area contributed by atoms with E-state index < -0.39 is 10.0 Å². The maximum Gasteiger partial charge on any atom is 0.282 e. The highest BCUT2D eigenvalue weighted by Crippen LogP contribution is 2.28. The number of rotatable bonds is 5. The van der Waals surface area contributed by atoms with E-state index in [9.17, 15) is 13.2 Å². The Kier molecular flexibility index (Phi) is 6.78. The second kappa shape index (κ2) is 8.90. The zero-order chi connectivity index (χ0) is 19.4. The molecule has 2 aliphatic rings. The van der Waals surface area contributed by atoms with Crippen LogP contribution < -0.4 is 10.2 Å². The monoisotopic (exact) mass is 414 g/mol. The van der Waals surface area contributed by atoms with Crippen molar-refractivity contribution in [1.82, 2.24) is 4.31 Å². The van der Waals surface area contributed by atoms with Crippen LogP contribution in [0, 0.1) is 0 Å². The topological polar surface area (TPSA) is 70.9 Å². The number of carbonyl (C=O) groups is 1. The number of anilines is 1. The number of benzene rings is 1. The Balaban J connectivity index is 1.75. The molecule has 0 unspecified atom stereocenters. The van der Waals surface area contributed by atoms with Crippen LogP contribution in [0.4, 0.5) is 5.69 Å². The Labute approximate surface area is 166 Å². The van der Waals surface area contributed by atoms with Gasteiger partial charge in [0.1, 0.15) is 0 Å². The summed E-state index contributed by atoms with van der Waals surface area (Å²) in [6.45, 7) is 4.99. The van der Waals surface area contributed by atoms with Gasteiger partial charge in [0.2, 0.25) is 10.0 Å². The third-order valence-corrected chi connectivity index (χ3v) is 7.87. The lowest BCUT2D eigenvalue weighted by atomic mass is 10.1. The van der Waals surface area contributed by atoms with E-state index in [2.05, 4.69) is 5.32 Å². The van der Waals surface area contributed by atoms with E-state index in [0.717, 1.165) is 45.2 Å². The Morgan fingerprint density at radius 1 is 1.11 bits per heavy atom. The SMILES string of the molecule is C[C@H](C(=O)Nc1cc(S(=O)(=O)N2CCCCC2)ccc1Cl)[NH+]1CCCCC1. The molecule has 0 bridgehead atoms. The standard InChI is InChI=1S/C19H28ClN3O3S/c1-15(22-10-4-2-5-11-22)19(24)21-18-14-16(8-9-17(18)20)27(25,26)23-12-6-3-7-13-23/h8-9,14-15H,2-7,10-13H2,1H3,(H,21,24)/p+1/t15-/m1/s1. The van der Waals surface area contributed by atoms with E-state index >= 15 is 0 Å². The Bertz CT molecular complexity index is 772. The quantitative estimate of drug-likeness (QED) is 0.773. The second-order valence-electron chi connectivity index (χ2n) is 7.54. The molecule has 0 saturated carbocycles. The summed E-state index contributed by atoms with van der Waals surface area (Å²) >= 11 is 6.24. The lowest BCUT2D eigenvalue weighted by Gasteiger charge is -2.28. The molecular formula is C19H29ClN3O3S+. The number of piperidine rings is 2. The normalized spacial score (nSPS) is 21.0. The Hall–Kier alpha value is -1.15. The molecular weight excluding hydrogens is 386 g/mol. The van der Waals surface area contributed by atoms with Gasteiger partial charge in [0.15, 0.2) is 6.04 Å². The summed E-state index contributed by atoms with van der Waals surface area (Å²) in [5, 5.41) is 3.20. The zero-order valence-electron chi connectivity index (χ0n) is 15.8. The summed E-state index contributed by atoms with van der Waals surface area (Å²) in [4.78, 5) is 14.1. The molecule has 0 radical (unpaired) electrons. The maximum atomic E-state index is 12.9. The van der Waals surface area contributed by atoms with E-state index in [1.165, 1.54) is 27.8 Å². The van der Waals surface area contributed by atoms with Crippen LogP contribution in [0.2, 0.25) is 5.02 Å². The van der Waals surface area contributed by atoms with Gasteiger partial charge in [-0.3, -0.25) is 4.79 Å². The Morgan fingerprint density at radius 3 is 2.41 bits per heavy atom. The molecule has 1 aromatic rings. The molecule has 150 valence electrons. The van der Waals surface area contributed by atoms with Crippen LogP contribution in [0.1, 0.15) is 45.4 Å². The minimum Gasteiger partial charge on any atom is -0.325 e. The number of carbonyl (C=O) groups excluding carboxylic acids is 1. The molecule has 3 rings (SSSR count). The first-order valence-electron chi connectivity index (χ1n) is 9.85. The van der Waals surface area contributed by atoms with E-state index in [4.69, 9.17) is 11.6 Å². The molecule has 8 heteroatoms. The smallest absolute Gasteiger partial charge is 0.282 e. The van der Waals surface area contributed by atoms with Crippen molar-refractivity contribution >= 4 is 33.2 Å². The summed E-state index contributed by atoms with van der Waals surface area (Å²) in [7, 11) is -3.56. The van der Waals surface area contributed by atoms with E-state index in [0.29, 0.717) is 23.8 Å². The van der Waals surface area contributed by atoms with Gasteiger partial charge in [-0.25, -0.2) is 8.42 Å². The predicted molar refractivity (Wildman–Crippen MR) is 107 cm³/mol. The summed E-state index contributed by atoms with van der Waals surface area (Å²) in [5.74, 6) is -0.124. The summed E-state index contributed by atoms with van der Waals surface area (Å²) in [5.41, 5.74) is 0.364. The van der Waals surface area contributed by atoms with Crippen LogP contribution >= 0.6 is 11.6 Å². The predicted octanol–water partition coefficient (Wildman–Crippen LogP) is 1.91. The molecule has 2 aliphatic heterocycles. The number of amides is 1. The average molecular weight is 415 g/mol. The van der Waals surface area contributed by atoms with E-state index in [1.807, 2.05) is 6.92 Å². The fourth-order valence-electron chi connectivity index (χ4n) is 3.88. The lowest BCUT2D eigenvalue weighted by Crippen LogP contribution is -3.17. The highest BCUT2D eigenvalue weighted by atomic mass is 35.5. The number of likely N-dealkylation sites (tertiary alicyclic amines) is 1. The minimum atomic E-state index is -3.56. The number of hydrogen-bond donors (Lipinski definition) is 2. The highest BCUT2D eigenvalue weighted by molar-refractivity contribution is 7.89. The van der Waals surface area contributed by atoms with Gasteiger partial charge in [-0.05, 0) is 57.2 Å². The molecule has 2 saturated heterocycles. The zero-order valence-corrected chi connectivity index (χ0v) is 17.4. The fraction of sp³-hybridized carbons (Fsp3) is 0.632. The molecule has 2 N–H and O–H groups in total. The first kappa shape index (κ1) is 20.6. The third kappa shape index (κ3) is 4.83. The van der Waals surface area contributed by atoms with Gasteiger partial charge >= 0.3 is 0 Å². The number of hydrogen-bond acceptors (Lipinski definition) is 3. The molecule has 0 aliphatic carbocycles. The summed E-state index contributed by atoms with van der Waals surface area (Å²) in [6.07, 6.45) is 6.32. The molecule has 0 aromatic heterocycles. The van der Waals surface area contributed by atoms with Gasteiger partial charge in [-0.2, -0.15) is 4.31 Å². The molecule has 1 atom stereocenters. The summed E-state index contributed by atoms with van der Waals surface area (Å²) < 4.78 is 27.3. The number of quaternary nitrogens is 1. The summed E-state index contributed by atoms with van der Waals surface area (Å²) in [6, 6.07) is 4.36. The van der Waals surface area contributed by atoms with Gasteiger partial charge < -0.3 is 10.2 Å². The van der Waals surface area contributed by atoms with Gasteiger partial charge in [0.05, 0.1) is 28.7 Å². The van der Waals surface area contributed by atoms with Crippen molar-refractivity contribution < 1.29 is 18.1 Å². The van der Waals surface area contributed by atoms with Crippen LogP contribution in [-0.2, 0) is 14.8 Å². The average Bonchev–Trinajstić information content (AvgIpc) is 2.70. The number of halogens is 1. The van der Waals surface area contributed by atoms with Crippen molar-refractivity contribution in [1.29, 1.82) is 0 Å². The number of nitrogens with zero attached hydrogens (tertiary/aromatic N) is 1. The van der Waals surface area contributed by atoms with Gasteiger partial charge in [-0.15, -0.1) is 0 Å². The number of sulfonamides is 1. The number of nitrogens with one attached hydrogen (secondary N) is 2. The molecule has 6 nitrogen and oxygen atoms in total. The van der Waals surface area contributed by atoms with Crippen molar-refractivity contribution in [3.05, 3.63) is 23.2 Å². The first-order chi connectivity index (χ1) is 12.9. The molecule has 2 heterocycles. The highest BCUT2D eigenvalue weighted by Gasteiger charge is 2.29. The maximum absolute atomic E-state index is 12.9. The molecule has 0 spiro atoms. The van der Waals surface area contributed by atoms with Crippen LogP contribution in [0.5, 0.6) is 0 Å². The van der Waals surface area contributed by atoms with E-state index in [-0.39, 0.29) is 16.8 Å². The van der Waals surface area contributed by atoms with Gasteiger partial charge in [-0.1, -0.05) is 18.0 Å². The van der Waals surface area contributed by atoms with Crippen LogP contribution in [0.3, 0.4) is 0 Å². The van der Waals surface area contributed by atoms with Gasteiger partial charge in [0.25, 0.3) is 5.91 Å². The fourth-order valence-corrected chi connectivity index (χ4v) is 5.59. The Morgan fingerprint density at radius 2 is 1.74 bits per heavy atom. The van der Waals surface area contributed by atoms with Gasteiger partial charge in [0, 0.05) is 13.1 Å². The largest absolute Gasteiger partial charge is 0.325 e. The second-order valence-corrected chi connectivity index (χ2v) is 9.88. The van der Waals surface area contributed by atoms with E-state index in [1.54, 1.807) is 6.07 Å². The van der Waals surface area contributed by atoms with Crippen molar-refractivity contribution in [2.45, 2.75) is 56.4 Å². The van der Waals surface area contributed by atoms with Crippen LogP contribution in [0.15, 0.2) is 23.1 Å². The molecule has 1 amide bonds. The van der Waals surface area contributed by atoms with Crippen LogP contribution in [-0.4, -0.2) is 50.9 Å². The minimum absolute atomic E-state index is 0.124. The third-order valence-electron chi connectivity index (χ3n) is 5.65. The van der Waals surface area contributed by atoms with Crippen molar-refractivity contribution in [2.75, 3.05) is 31.5 Å². The molecule has 1 aromatic carbocycles. The van der Waals surface area contributed by atoms with Crippen molar-refractivity contribution in [3.8, 4) is 0 Å². The molecule has 27 heavy (non-hydrogen) atoms. The van der Waals surface area contributed by atoms with Crippen molar-refractivity contribution in [3.63, 3.8) is 0 Å². The molecule has 2 fully saturated rings. The lowest BCUT2D eigenvalue weighted by molar-refractivity contribution is -0.918.